The highest BCUT2D eigenvalue weighted by atomic mass is 79.9. The normalized spacial score (nSPS) is 15.9. The maximum absolute atomic E-state index is 12.8. The topological polar surface area (TPSA) is 75.7 Å². The molecule has 1 N–H and O–H groups in total. The van der Waals surface area contributed by atoms with E-state index in [1.54, 1.807) is 42.5 Å². The minimum atomic E-state index is -0.800. The Labute approximate surface area is 168 Å². The zero-order valence-corrected chi connectivity index (χ0v) is 16.5. The Bertz CT molecular complexity index is 957. The van der Waals surface area contributed by atoms with E-state index in [1.165, 1.54) is 6.08 Å². The molecule has 0 aromatic heterocycles. The van der Waals surface area contributed by atoms with Crippen LogP contribution in [0.4, 0.5) is 10.5 Å². The zero-order valence-electron chi connectivity index (χ0n) is 14.2. The van der Waals surface area contributed by atoms with E-state index in [0.29, 0.717) is 28.6 Å². The molecule has 1 aliphatic heterocycles. The number of barbiturate groups is 1. The molecule has 2 aromatic rings. The molecule has 0 saturated carbocycles. The highest BCUT2D eigenvalue weighted by Gasteiger charge is 2.36. The molecule has 0 spiro atoms. The summed E-state index contributed by atoms with van der Waals surface area (Å²) in [5.74, 6) is -0.971. The van der Waals surface area contributed by atoms with Gasteiger partial charge in [-0.25, -0.2) is 9.69 Å². The smallest absolute Gasteiger partial charge is 0.335 e. The van der Waals surface area contributed by atoms with Gasteiger partial charge >= 0.3 is 6.03 Å². The van der Waals surface area contributed by atoms with Crippen molar-refractivity contribution in [2.24, 2.45) is 0 Å². The predicted octanol–water partition coefficient (Wildman–Crippen LogP) is 4.17. The summed E-state index contributed by atoms with van der Waals surface area (Å²) in [4.78, 5) is 38.2. The molecule has 2 aromatic carbocycles. The van der Waals surface area contributed by atoms with Crippen LogP contribution in [0, 0.1) is 0 Å². The van der Waals surface area contributed by atoms with Crippen LogP contribution in [0.15, 0.2) is 52.5 Å². The number of hydrogen-bond donors (Lipinski definition) is 1. The Balaban J connectivity index is 2.00. The zero-order chi connectivity index (χ0) is 19.6. The summed E-state index contributed by atoms with van der Waals surface area (Å²) < 4.78 is 6.22. The molecular formula is C19H14BrClN2O4. The Kier molecular flexibility index (Phi) is 5.62. The number of urea groups is 1. The molecule has 4 amide bonds. The van der Waals surface area contributed by atoms with Gasteiger partial charge in [-0.2, -0.15) is 0 Å². The van der Waals surface area contributed by atoms with Crippen molar-refractivity contribution < 1.29 is 19.1 Å². The first kappa shape index (κ1) is 19.1. The van der Waals surface area contributed by atoms with Crippen LogP contribution in [0.1, 0.15) is 12.5 Å². The minimum Gasteiger partial charge on any atom is -0.494 e. The maximum Gasteiger partial charge on any atom is 0.335 e. The van der Waals surface area contributed by atoms with Crippen molar-refractivity contribution in [3.63, 3.8) is 0 Å². The van der Waals surface area contributed by atoms with Crippen LogP contribution in [-0.4, -0.2) is 24.5 Å². The van der Waals surface area contributed by atoms with Gasteiger partial charge in [-0.15, -0.1) is 0 Å². The fourth-order valence-corrected chi connectivity index (χ4v) is 3.06. The van der Waals surface area contributed by atoms with Crippen molar-refractivity contribution in [1.29, 1.82) is 0 Å². The van der Waals surface area contributed by atoms with Crippen LogP contribution >= 0.6 is 27.5 Å². The fraction of sp³-hybridized carbons (Fsp3) is 0.105. The SMILES string of the molecule is CCOc1cc(Cl)cc(/C=C2\C(=O)NC(=O)N(c3ccc(Br)cc3)C2=O)c1. The Hall–Kier alpha value is -2.64. The predicted molar refractivity (Wildman–Crippen MR) is 106 cm³/mol. The fourth-order valence-electron chi connectivity index (χ4n) is 2.57. The molecule has 0 bridgehead atoms. The lowest BCUT2D eigenvalue weighted by Crippen LogP contribution is -2.54. The summed E-state index contributed by atoms with van der Waals surface area (Å²) in [6.45, 7) is 2.28. The van der Waals surface area contributed by atoms with Crippen molar-refractivity contribution in [2.45, 2.75) is 6.92 Å². The second kappa shape index (κ2) is 7.94. The van der Waals surface area contributed by atoms with E-state index in [4.69, 9.17) is 16.3 Å². The summed E-state index contributed by atoms with van der Waals surface area (Å²) in [5.41, 5.74) is 0.678. The number of ether oxygens (including phenoxy) is 1. The molecule has 6 nitrogen and oxygen atoms in total. The summed E-state index contributed by atoms with van der Waals surface area (Å²) >= 11 is 9.37. The van der Waals surface area contributed by atoms with E-state index in [1.807, 2.05) is 6.92 Å². The van der Waals surface area contributed by atoms with Crippen molar-refractivity contribution in [3.8, 4) is 5.75 Å². The number of carbonyl (C=O) groups is 3. The third-order valence-electron chi connectivity index (χ3n) is 3.70. The van der Waals surface area contributed by atoms with Crippen LogP contribution in [0.5, 0.6) is 5.75 Å². The van der Waals surface area contributed by atoms with E-state index in [2.05, 4.69) is 21.2 Å². The molecule has 3 rings (SSSR count). The second-order valence-corrected chi connectivity index (χ2v) is 6.94. The molecule has 1 heterocycles. The van der Waals surface area contributed by atoms with Gasteiger partial charge in [-0.05, 0) is 61.0 Å². The van der Waals surface area contributed by atoms with E-state index in [0.717, 1.165) is 9.37 Å². The number of amides is 4. The number of imide groups is 2. The van der Waals surface area contributed by atoms with Gasteiger partial charge in [-0.1, -0.05) is 27.5 Å². The molecule has 1 aliphatic rings. The molecular weight excluding hydrogens is 436 g/mol. The average Bonchev–Trinajstić information content (AvgIpc) is 2.60. The average molecular weight is 450 g/mol. The molecule has 1 fully saturated rings. The van der Waals surface area contributed by atoms with Crippen molar-refractivity contribution >= 4 is 57.1 Å². The standard InChI is InChI=1S/C19H14BrClN2O4/c1-2-27-15-8-11(7-13(21)10-15)9-16-17(24)22-19(26)23(18(16)25)14-5-3-12(20)4-6-14/h3-10H,2H2,1H3,(H,22,24,26)/b16-9+. The number of benzene rings is 2. The van der Waals surface area contributed by atoms with Gasteiger partial charge in [0, 0.05) is 9.50 Å². The quantitative estimate of drug-likeness (QED) is 0.561. The van der Waals surface area contributed by atoms with Crippen LogP contribution in [0.2, 0.25) is 5.02 Å². The van der Waals surface area contributed by atoms with Crippen LogP contribution in [0.3, 0.4) is 0 Å². The van der Waals surface area contributed by atoms with Gasteiger partial charge < -0.3 is 4.74 Å². The molecule has 1 saturated heterocycles. The van der Waals surface area contributed by atoms with E-state index in [-0.39, 0.29) is 5.57 Å². The highest BCUT2D eigenvalue weighted by Crippen LogP contribution is 2.26. The number of hydrogen-bond acceptors (Lipinski definition) is 4. The molecule has 0 unspecified atom stereocenters. The van der Waals surface area contributed by atoms with Gasteiger partial charge in [0.05, 0.1) is 12.3 Å². The Morgan fingerprint density at radius 1 is 1.15 bits per heavy atom. The van der Waals surface area contributed by atoms with E-state index < -0.39 is 17.8 Å². The lowest BCUT2D eigenvalue weighted by molar-refractivity contribution is -0.122. The van der Waals surface area contributed by atoms with Crippen molar-refractivity contribution in [3.05, 3.63) is 63.1 Å². The number of halogens is 2. The third kappa shape index (κ3) is 4.20. The molecule has 8 heteroatoms. The number of carbonyl (C=O) groups excluding carboxylic acids is 3. The van der Waals surface area contributed by atoms with Crippen LogP contribution in [-0.2, 0) is 9.59 Å². The van der Waals surface area contributed by atoms with Gasteiger partial charge in [-0.3, -0.25) is 14.9 Å². The number of nitrogens with one attached hydrogen (secondary N) is 1. The van der Waals surface area contributed by atoms with Crippen molar-refractivity contribution in [2.75, 3.05) is 11.5 Å². The van der Waals surface area contributed by atoms with Gasteiger partial charge in [0.25, 0.3) is 11.8 Å². The van der Waals surface area contributed by atoms with Crippen LogP contribution in [0.25, 0.3) is 6.08 Å². The largest absolute Gasteiger partial charge is 0.494 e. The molecule has 27 heavy (non-hydrogen) atoms. The maximum atomic E-state index is 12.8. The number of rotatable bonds is 4. The lowest BCUT2D eigenvalue weighted by Gasteiger charge is -2.26. The summed E-state index contributed by atoms with van der Waals surface area (Å²) in [7, 11) is 0. The number of anilines is 1. The van der Waals surface area contributed by atoms with Gasteiger partial charge in [0.15, 0.2) is 0 Å². The molecule has 0 atom stereocenters. The number of nitrogens with zero attached hydrogens (tertiary/aromatic N) is 1. The van der Waals surface area contributed by atoms with Crippen molar-refractivity contribution in [1.82, 2.24) is 5.32 Å². The highest BCUT2D eigenvalue weighted by molar-refractivity contribution is 9.10. The lowest BCUT2D eigenvalue weighted by atomic mass is 10.1. The van der Waals surface area contributed by atoms with E-state index >= 15 is 0 Å². The minimum absolute atomic E-state index is 0.178. The van der Waals surface area contributed by atoms with Crippen LogP contribution < -0.4 is 15.0 Å². The summed E-state index contributed by atoms with van der Waals surface area (Å²) in [6.07, 6.45) is 1.38. The molecule has 0 radical (unpaired) electrons. The van der Waals surface area contributed by atoms with Gasteiger partial charge in [0.1, 0.15) is 11.3 Å². The third-order valence-corrected chi connectivity index (χ3v) is 4.45. The van der Waals surface area contributed by atoms with E-state index in [9.17, 15) is 14.4 Å². The Morgan fingerprint density at radius 3 is 2.52 bits per heavy atom. The first-order chi connectivity index (χ1) is 12.9. The Morgan fingerprint density at radius 2 is 1.85 bits per heavy atom. The summed E-state index contributed by atoms with van der Waals surface area (Å²) in [5, 5.41) is 2.58. The summed E-state index contributed by atoms with van der Waals surface area (Å²) in [6, 6.07) is 10.7. The monoisotopic (exact) mass is 448 g/mol. The second-order valence-electron chi connectivity index (χ2n) is 5.59. The van der Waals surface area contributed by atoms with Gasteiger partial charge in [0.2, 0.25) is 0 Å². The molecule has 138 valence electrons. The molecule has 0 aliphatic carbocycles. The first-order valence-electron chi connectivity index (χ1n) is 7.99. The first-order valence-corrected chi connectivity index (χ1v) is 9.16.